The molecule has 0 aliphatic rings. The fourth-order valence-corrected chi connectivity index (χ4v) is 1.74. The molecule has 0 aliphatic carbocycles. The van der Waals surface area contributed by atoms with Crippen molar-refractivity contribution in [1.29, 1.82) is 0 Å². The number of ether oxygens (including phenoxy) is 1. The van der Waals surface area contributed by atoms with Crippen LogP contribution in [0.25, 0.3) is 0 Å². The Hall–Kier alpha value is -0.120. The number of aliphatic hydroxyl groups excluding tert-OH is 1. The zero-order chi connectivity index (χ0) is 12.2. The molecule has 0 fully saturated rings. The van der Waals surface area contributed by atoms with Crippen molar-refractivity contribution < 1.29 is 9.84 Å². The van der Waals surface area contributed by atoms with Crippen LogP contribution in [0.4, 0.5) is 0 Å². The van der Waals surface area contributed by atoms with Crippen LogP contribution in [-0.2, 0) is 4.74 Å². The summed E-state index contributed by atoms with van der Waals surface area (Å²) in [4.78, 5) is 0. The topological polar surface area (TPSA) is 41.5 Å². The third-order valence-electron chi connectivity index (χ3n) is 3.01. The highest BCUT2D eigenvalue weighted by molar-refractivity contribution is 4.68. The van der Waals surface area contributed by atoms with Crippen molar-refractivity contribution in [3.63, 3.8) is 0 Å². The van der Waals surface area contributed by atoms with E-state index in [1.54, 1.807) is 0 Å². The lowest BCUT2D eigenvalue weighted by molar-refractivity contribution is 0.0935. The second kappa shape index (κ2) is 11.4. The van der Waals surface area contributed by atoms with E-state index in [4.69, 9.17) is 4.74 Å². The minimum Gasteiger partial charge on any atom is -0.392 e. The smallest absolute Gasteiger partial charge is 0.0692 e. The minimum atomic E-state index is -0.217. The number of nitrogens with one attached hydrogen (secondary N) is 1. The van der Waals surface area contributed by atoms with E-state index >= 15 is 0 Å². The van der Waals surface area contributed by atoms with Gasteiger partial charge in [-0.05, 0) is 12.3 Å². The Morgan fingerprint density at radius 3 is 2.38 bits per heavy atom. The van der Waals surface area contributed by atoms with E-state index in [0.29, 0.717) is 12.5 Å². The van der Waals surface area contributed by atoms with Crippen molar-refractivity contribution in [2.45, 2.75) is 52.6 Å². The van der Waals surface area contributed by atoms with Gasteiger partial charge in [-0.3, -0.25) is 0 Å². The van der Waals surface area contributed by atoms with Gasteiger partial charge >= 0.3 is 0 Å². The van der Waals surface area contributed by atoms with Crippen molar-refractivity contribution in [3.05, 3.63) is 0 Å². The summed E-state index contributed by atoms with van der Waals surface area (Å²) in [5.74, 6) is 0.425. The number of hydrogen-bond donors (Lipinski definition) is 2. The standard InChI is InChI=1S/C13H29NO2/c1-4-7-9-16-10-8-14-11-13(15)12(5-2)6-3/h12-15H,4-11H2,1-3H3. The van der Waals surface area contributed by atoms with E-state index in [1.165, 1.54) is 6.42 Å². The average Bonchev–Trinajstić information content (AvgIpc) is 2.29. The van der Waals surface area contributed by atoms with Crippen molar-refractivity contribution >= 4 is 0 Å². The maximum atomic E-state index is 9.85. The van der Waals surface area contributed by atoms with Gasteiger partial charge in [0.05, 0.1) is 12.7 Å². The number of unbranched alkanes of at least 4 members (excludes halogenated alkanes) is 1. The fraction of sp³-hybridized carbons (Fsp3) is 1.00. The molecule has 98 valence electrons. The van der Waals surface area contributed by atoms with Crippen molar-refractivity contribution in [2.75, 3.05) is 26.3 Å². The normalized spacial score (nSPS) is 13.3. The van der Waals surface area contributed by atoms with Gasteiger partial charge in [0.25, 0.3) is 0 Å². The van der Waals surface area contributed by atoms with Gasteiger partial charge in [0, 0.05) is 19.7 Å². The van der Waals surface area contributed by atoms with Crippen molar-refractivity contribution in [1.82, 2.24) is 5.32 Å². The molecule has 0 spiro atoms. The van der Waals surface area contributed by atoms with E-state index in [-0.39, 0.29) is 6.10 Å². The highest BCUT2D eigenvalue weighted by Crippen LogP contribution is 2.11. The lowest BCUT2D eigenvalue weighted by Crippen LogP contribution is -2.34. The molecule has 16 heavy (non-hydrogen) atoms. The Labute approximate surface area is 101 Å². The molecule has 0 saturated heterocycles. The highest BCUT2D eigenvalue weighted by atomic mass is 16.5. The van der Waals surface area contributed by atoms with E-state index < -0.39 is 0 Å². The van der Waals surface area contributed by atoms with Gasteiger partial charge in [-0.15, -0.1) is 0 Å². The maximum Gasteiger partial charge on any atom is 0.0692 e. The molecule has 3 heteroatoms. The summed E-state index contributed by atoms with van der Waals surface area (Å²) in [6, 6.07) is 0. The first-order chi connectivity index (χ1) is 7.76. The summed E-state index contributed by atoms with van der Waals surface area (Å²) in [6.45, 7) is 9.54. The van der Waals surface area contributed by atoms with Crippen LogP contribution in [0.5, 0.6) is 0 Å². The molecule has 3 nitrogen and oxygen atoms in total. The van der Waals surface area contributed by atoms with Crippen molar-refractivity contribution in [3.8, 4) is 0 Å². The van der Waals surface area contributed by atoms with Gasteiger partial charge in [0.15, 0.2) is 0 Å². The molecule has 0 heterocycles. The van der Waals surface area contributed by atoms with Crippen LogP contribution in [0.2, 0.25) is 0 Å². The van der Waals surface area contributed by atoms with Gasteiger partial charge in [-0.1, -0.05) is 40.0 Å². The zero-order valence-corrected chi connectivity index (χ0v) is 11.2. The molecule has 0 rings (SSSR count). The summed E-state index contributed by atoms with van der Waals surface area (Å²) >= 11 is 0. The molecule has 0 saturated carbocycles. The van der Waals surface area contributed by atoms with Crippen LogP contribution in [0.15, 0.2) is 0 Å². The monoisotopic (exact) mass is 231 g/mol. The summed E-state index contributed by atoms with van der Waals surface area (Å²) in [6.07, 6.45) is 4.20. The van der Waals surface area contributed by atoms with Crippen LogP contribution in [0, 0.1) is 5.92 Å². The molecule has 0 aromatic heterocycles. The molecule has 0 aromatic rings. The Kier molecular flexibility index (Phi) is 11.3. The minimum absolute atomic E-state index is 0.217. The second-order valence-corrected chi connectivity index (χ2v) is 4.31. The first kappa shape index (κ1) is 15.9. The highest BCUT2D eigenvalue weighted by Gasteiger charge is 2.14. The number of hydrogen-bond acceptors (Lipinski definition) is 3. The van der Waals surface area contributed by atoms with Crippen LogP contribution >= 0.6 is 0 Å². The molecular formula is C13H29NO2. The quantitative estimate of drug-likeness (QED) is 0.536. The van der Waals surface area contributed by atoms with Crippen LogP contribution in [0.1, 0.15) is 46.5 Å². The van der Waals surface area contributed by atoms with Crippen LogP contribution in [-0.4, -0.2) is 37.5 Å². The lowest BCUT2D eigenvalue weighted by atomic mass is 9.97. The van der Waals surface area contributed by atoms with Gasteiger partial charge in [-0.2, -0.15) is 0 Å². The van der Waals surface area contributed by atoms with Gasteiger partial charge < -0.3 is 15.2 Å². The Balaban J connectivity index is 3.30. The van der Waals surface area contributed by atoms with Crippen molar-refractivity contribution in [2.24, 2.45) is 5.92 Å². The molecule has 0 aliphatic heterocycles. The summed E-state index contributed by atoms with van der Waals surface area (Å²) < 4.78 is 5.42. The second-order valence-electron chi connectivity index (χ2n) is 4.31. The van der Waals surface area contributed by atoms with Gasteiger partial charge in [-0.25, -0.2) is 0 Å². The predicted octanol–water partition coefficient (Wildman–Crippen LogP) is 2.19. The molecule has 0 amide bonds. The van der Waals surface area contributed by atoms with Crippen LogP contribution in [0.3, 0.4) is 0 Å². The van der Waals surface area contributed by atoms with E-state index in [2.05, 4.69) is 26.1 Å². The molecule has 2 N–H and O–H groups in total. The zero-order valence-electron chi connectivity index (χ0n) is 11.2. The van der Waals surface area contributed by atoms with Gasteiger partial charge in [0.2, 0.25) is 0 Å². The molecule has 1 unspecified atom stereocenters. The first-order valence-electron chi connectivity index (χ1n) is 6.72. The Morgan fingerprint density at radius 1 is 1.12 bits per heavy atom. The van der Waals surface area contributed by atoms with E-state index in [9.17, 15) is 5.11 Å². The molecular weight excluding hydrogens is 202 g/mol. The fourth-order valence-electron chi connectivity index (χ4n) is 1.74. The average molecular weight is 231 g/mol. The third-order valence-corrected chi connectivity index (χ3v) is 3.01. The molecule has 0 bridgehead atoms. The molecule has 0 radical (unpaired) electrons. The largest absolute Gasteiger partial charge is 0.392 e. The van der Waals surface area contributed by atoms with Crippen LogP contribution < -0.4 is 5.32 Å². The SMILES string of the molecule is CCCCOCCNCC(O)C(CC)CC. The van der Waals surface area contributed by atoms with E-state index in [0.717, 1.165) is 39.0 Å². The Bertz CT molecular complexity index is 138. The van der Waals surface area contributed by atoms with Gasteiger partial charge in [0.1, 0.15) is 0 Å². The third kappa shape index (κ3) is 8.08. The first-order valence-corrected chi connectivity index (χ1v) is 6.72. The summed E-state index contributed by atoms with van der Waals surface area (Å²) in [7, 11) is 0. The number of rotatable bonds is 11. The summed E-state index contributed by atoms with van der Waals surface area (Å²) in [5.41, 5.74) is 0. The maximum absolute atomic E-state index is 9.85. The molecule has 0 aromatic carbocycles. The Morgan fingerprint density at radius 2 is 1.81 bits per heavy atom. The van der Waals surface area contributed by atoms with E-state index in [1.807, 2.05) is 0 Å². The number of aliphatic hydroxyl groups is 1. The lowest BCUT2D eigenvalue weighted by Gasteiger charge is -2.20. The predicted molar refractivity (Wildman–Crippen MR) is 68.7 cm³/mol. The summed E-state index contributed by atoms with van der Waals surface area (Å²) in [5, 5.41) is 13.1. The molecule has 1 atom stereocenters.